The van der Waals surface area contributed by atoms with E-state index in [1.165, 1.54) is 6.07 Å². The van der Waals surface area contributed by atoms with Gasteiger partial charge in [0.05, 0.1) is 15.8 Å². The molecule has 2 N–H and O–H groups in total. The van der Waals surface area contributed by atoms with E-state index in [1.807, 2.05) is 11.8 Å². The summed E-state index contributed by atoms with van der Waals surface area (Å²) in [6.07, 6.45) is 3.24. The fraction of sp³-hybridized carbons (Fsp3) is 0.519. The molecule has 1 heterocycles. The molecular weight excluding hydrogens is 539 g/mol. The van der Waals surface area contributed by atoms with Gasteiger partial charge in [-0.25, -0.2) is 22.2 Å². The van der Waals surface area contributed by atoms with Crippen molar-refractivity contribution in [2.75, 3.05) is 19.7 Å². The Morgan fingerprint density at radius 2 is 1.87 bits per heavy atom. The monoisotopic (exact) mass is 569 g/mol. The normalized spacial score (nSPS) is 21.1. The van der Waals surface area contributed by atoms with Crippen LogP contribution in [-0.4, -0.2) is 45.6 Å². The Bertz CT molecular complexity index is 1360. The molecule has 1 amide bonds. The van der Waals surface area contributed by atoms with E-state index in [9.17, 15) is 17.8 Å². The average molecular weight is 570 g/mol. The molecule has 1 unspecified atom stereocenters. The van der Waals surface area contributed by atoms with Crippen LogP contribution in [0.5, 0.6) is 5.75 Å². The van der Waals surface area contributed by atoms with E-state index >= 15 is 4.39 Å². The van der Waals surface area contributed by atoms with E-state index in [4.69, 9.17) is 21.1 Å². The van der Waals surface area contributed by atoms with Crippen molar-refractivity contribution in [3.05, 3.63) is 63.2 Å². The first-order valence-electron chi connectivity index (χ1n) is 12.9. The predicted molar refractivity (Wildman–Crippen MR) is 140 cm³/mol. The van der Waals surface area contributed by atoms with E-state index in [1.54, 1.807) is 12.1 Å². The highest BCUT2D eigenvalue weighted by molar-refractivity contribution is 7.92. The average Bonchev–Trinajstić information content (AvgIpc) is 3.75. The van der Waals surface area contributed by atoms with Crippen LogP contribution in [0.2, 0.25) is 5.02 Å². The lowest BCUT2D eigenvalue weighted by Crippen LogP contribution is -2.44. The maximum atomic E-state index is 15.6. The molecule has 0 aromatic heterocycles. The molecule has 1 saturated heterocycles. The third-order valence-electron chi connectivity index (χ3n) is 7.48. The van der Waals surface area contributed by atoms with Crippen molar-refractivity contribution in [2.24, 2.45) is 0 Å². The van der Waals surface area contributed by atoms with Crippen LogP contribution in [0.4, 0.5) is 13.2 Å². The second-order valence-electron chi connectivity index (χ2n) is 10.8. The van der Waals surface area contributed by atoms with Crippen molar-refractivity contribution >= 4 is 27.4 Å². The fourth-order valence-corrected chi connectivity index (χ4v) is 6.52. The van der Waals surface area contributed by atoms with E-state index in [-0.39, 0.29) is 47.0 Å². The molecule has 1 atom stereocenters. The Kier molecular flexibility index (Phi) is 7.43. The van der Waals surface area contributed by atoms with Crippen LogP contribution in [0.25, 0.3) is 0 Å². The maximum Gasteiger partial charge on any atom is 0.266 e. The lowest BCUT2D eigenvalue weighted by Gasteiger charge is -2.36. The summed E-state index contributed by atoms with van der Waals surface area (Å²) >= 11 is 5.96. The molecule has 206 valence electrons. The Morgan fingerprint density at radius 1 is 1.18 bits per heavy atom. The largest absolute Gasteiger partial charge is 0.490 e. The van der Waals surface area contributed by atoms with Gasteiger partial charge in [0.2, 0.25) is 0 Å². The Labute approximate surface area is 226 Å². The van der Waals surface area contributed by atoms with Crippen LogP contribution in [0.1, 0.15) is 71.5 Å². The molecule has 3 aliphatic rings. The van der Waals surface area contributed by atoms with Gasteiger partial charge < -0.3 is 4.74 Å². The summed E-state index contributed by atoms with van der Waals surface area (Å²) in [5.41, 5.74) is 0.0341. The van der Waals surface area contributed by atoms with Crippen LogP contribution in [0.15, 0.2) is 24.3 Å². The van der Waals surface area contributed by atoms with Crippen LogP contribution in [-0.2, 0) is 16.5 Å². The Balaban J connectivity index is 1.23. The first-order valence-corrected chi connectivity index (χ1v) is 14.9. The van der Waals surface area contributed by atoms with Gasteiger partial charge in [-0.05, 0) is 74.6 Å². The van der Waals surface area contributed by atoms with Crippen LogP contribution in [0, 0.1) is 23.3 Å². The minimum Gasteiger partial charge on any atom is -0.490 e. The molecule has 11 heteroatoms. The molecular formula is C27H31ClF3N3O3S. The first-order chi connectivity index (χ1) is 17.9. The summed E-state index contributed by atoms with van der Waals surface area (Å²) in [7, 11) is -3.32. The van der Waals surface area contributed by atoms with Crippen molar-refractivity contribution in [2.45, 2.75) is 68.8 Å². The number of hydrogen-bond acceptors (Lipinski definition) is 5. The van der Waals surface area contributed by atoms with E-state index in [0.717, 1.165) is 24.5 Å². The molecule has 2 aliphatic carbocycles. The van der Waals surface area contributed by atoms with Gasteiger partial charge in [0.25, 0.3) is 5.91 Å². The highest BCUT2D eigenvalue weighted by atomic mass is 35.5. The van der Waals surface area contributed by atoms with Crippen LogP contribution < -0.4 is 9.46 Å². The summed E-state index contributed by atoms with van der Waals surface area (Å²) in [4.78, 5) is 14.6. The zero-order chi connectivity index (χ0) is 27.2. The third-order valence-corrected chi connectivity index (χ3v) is 9.65. The number of carbonyl (C=O) groups is 1. The number of rotatable bonds is 9. The zero-order valence-corrected chi connectivity index (χ0v) is 22.7. The van der Waals surface area contributed by atoms with Gasteiger partial charge in [-0.2, -0.15) is 0 Å². The number of hydrogen-bond donors (Lipinski definition) is 2. The number of piperidine rings is 1. The lowest BCUT2D eigenvalue weighted by molar-refractivity contribution is 0.0146. The van der Waals surface area contributed by atoms with E-state index in [2.05, 4.69) is 4.72 Å². The lowest BCUT2D eigenvalue weighted by atomic mass is 9.93. The highest BCUT2D eigenvalue weighted by Crippen LogP contribution is 2.45. The summed E-state index contributed by atoms with van der Waals surface area (Å²) in [6, 6.07) is 5.79. The van der Waals surface area contributed by atoms with Crippen molar-refractivity contribution in [1.29, 1.82) is 4.78 Å². The third kappa shape index (κ3) is 6.13. The Hall–Kier alpha value is -2.30. The molecule has 5 rings (SSSR count). The fourth-order valence-electron chi connectivity index (χ4n) is 4.88. The smallest absolute Gasteiger partial charge is 0.266 e. The Morgan fingerprint density at radius 3 is 2.50 bits per heavy atom. The quantitative estimate of drug-likeness (QED) is 0.386. The number of nitrogens with zero attached hydrogens (tertiary/aromatic N) is 1. The SMILES string of the molecule is Cc1cc(Cl)c(F)c(CN2CCC(F)(COc3cc(F)c(C(=O)NS(=N)(=O)C4CC4)cc3C3CC3)CC2)c1. The molecule has 0 radical (unpaired) electrons. The standard InChI is InChI=1S/C27H31ClF3N3O3S/c1-16-10-18(25(30)22(28)11-16)14-34-8-6-27(31,7-9-34)15-37-24-13-23(29)21(12-20(24)17-2-3-17)26(35)33-38(32,36)19-4-5-19/h10-13,17,19H,2-9,14-15H2,1H3,(H2,32,33,35,36). The number of nitrogens with one attached hydrogen (secondary N) is 2. The van der Waals surface area contributed by atoms with Gasteiger partial charge in [-0.3, -0.25) is 14.4 Å². The topological polar surface area (TPSA) is 82.5 Å². The van der Waals surface area contributed by atoms with Crippen LogP contribution in [0.3, 0.4) is 0 Å². The van der Waals surface area contributed by atoms with Gasteiger partial charge in [-0.15, -0.1) is 0 Å². The second kappa shape index (κ2) is 10.4. The number of ether oxygens (including phenoxy) is 1. The number of benzene rings is 2. The number of likely N-dealkylation sites (tertiary alicyclic amines) is 1. The number of amides is 1. The van der Waals surface area contributed by atoms with Gasteiger partial charge in [-0.1, -0.05) is 17.7 Å². The van der Waals surface area contributed by atoms with Crippen molar-refractivity contribution in [3.63, 3.8) is 0 Å². The molecule has 1 aliphatic heterocycles. The van der Waals surface area contributed by atoms with Gasteiger partial charge in [0, 0.05) is 31.3 Å². The molecule has 6 nitrogen and oxygen atoms in total. The molecule has 3 fully saturated rings. The summed E-state index contributed by atoms with van der Waals surface area (Å²) in [5, 5.41) is -0.315. The number of halogens is 4. The molecule has 38 heavy (non-hydrogen) atoms. The number of carbonyl (C=O) groups excluding carboxylic acids is 1. The van der Waals surface area contributed by atoms with Gasteiger partial charge >= 0.3 is 0 Å². The van der Waals surface area contributed by atoms with E-state index in [0.29, 0.717) is 43.6 Å². The van der Waals surface area contributed by atoms with Crippen molar-refractivity contribution in [1.82, 2.24) is 9.62 Å². The molecule has 0 bridgehead atoms. The summed E-state index contributed by atoms with van der Waals surface area (Å²) in [6.45, 7) is 2.71. The molecule has 2 saturated carbocycles. The maximum absolute atomic E-state index is 15.6. The molecule has 2 aromatic carbocycles. The second-order valence-corrected chi connectivity index (χ2v) is 13.3. The highest BCUT2D eigenvalue weighted by Gasteiger charge is 2.38. The molecule has 2 aromatic rings. The minimum absolute atomic E-state index is 0.0728. The van der Waals surface area contributed by atoms with Gasteiger partial charge in [0.1, 0.15) is 39.6 Å². The van der Waals surface area contributed by atoms with Crippen molar-refractivity contribution < 1.29 is 26.9 Å². The first kappa shape index (κ1) is 27.3. The predicted octanol–water partition coefficient (Wildman–Crippen LogP) is 6.04. The van der Waals surface area contributed by atoms with Gasteiger partial charge in [0.15, 0.2) is 0 Å². The number of alkyl halides is 1. The van der Waals surface area contributed by atoms with Crippen molar-refractivity contribution in [3.8, 4) is 5.75 Å². The van der Waals surface area contributed by atoms with E-state index < -0.39 is 33.1 Å². The van der Waals surface area contributed by atoms with Crippen LogP contribution >= 0.6 is 11.6 Å². The summed E-state index contributed by atoms with van der Waals surface area (Å²) in [5.74, 6) is -1.93. The number of aryl methyl sites for hydroxylation is 1. The zero-order valence-electron chi connectivity index (χ0n) is 21.1. The molecule has 0 spiro atoms. The minimum atomic E-state index is -3.32. The summed E-state index contributed by atoms with van der Waals surface area (Å²) < 4.78 is 73.2.